The molecule has 18 heavy (non-hydrogen) atoms. The fourth-order valence-electron chi connectivity index (χ4n) is 3.91. The van der Waals surface area contributed by atoms with Crippen molar-refractivity contribution in [1.82, 2.24) is 10.2 Å². The summed E-state index contributed by atoms with van der Waals surface area (Å²) < 4.78 is 0. The number of hydrogen-bond acceptors (Lipinski definition) is 2. The van der Waals surface area contributed by atoms with Gasteiger partial charge in [0, 0.05) is 18.6 Å². The SMILES string of the molecule is CC(C)CNCC(C)N1CCCC1C1CCCC1. The zero-order valence-corrected chi connectivity index (χ0v) is 12.6. The highest BCUT2D eigenvalue weighted by molar-refractivity contribution is 4.90. The van der Waals surface area contributed by atoms with Crippen LogP contribution < -0.4 is 5.32 Å². The summed E-state index contributed by atoms with van der Waals surface area (Å²) in [6.45, 7) is 10.7. The third kappa shape index (κ3) is 3.71. The summed E-state index contributed by atoms with van der Waals surface area (Å²) in [5, 5.41) is 3.63. The highest BCUT2D eigenvalue weighted by atomic mass is 15.2. The maximum Gasteiger partial charge on any atom is 0.0195 e. The molecule has 2 unspecified atom stereocenters. The maximum atomic E-state index is 3.63. The first kappa shape index (κ1) is 14.3. The van der Waals surface area contributed by atoms with Crippen molar-refractivity contribution in [2.24, 2.45) is 11.8 Å². The van der Waals surface area contributed by atoms with E-state index in [1.165, 1.54) is 51.6 Å². The molecule has 0 spiro atoms. The Balaban J connectivity index is 1.78. The predicted molar refractivity (Wildman–Crippen MR) is 78.9 cm³/mol. The Kier molecular flexibility index (Phi) is 5.50. The predicted octanol–water partition coefficient (Wildman–Crippen LogP) is 3.28. The third-order valence-corrected chi connectivity index (χ3v) is 4.84. The van der Waals surface area contributed by atoms with Crippen LogP contribution in [0.15, 0.2) is 0 Å². The van der Waals surface area contributed by atoms with E-state index in [0.717, 1.165) is 30.5 Å². The van der Waals surface area contributed by atoms with Crippen LogP contribution >= 0.6 is 0 Å². The van der Waals surface area contributed by atoms with Crippen LogP contribution in [0, 0.1) is 11.8 Å². The Morgan fingerprint density at radius 2 is 1.72 bits per heavy atom. The van der Waals surface area contributed by atoms with Gasteiger partial charge in [-0.2, -0.15) is 0 Å². The average Bonchev–Trinajstić information content (AvgIpc) is 2.99. The number of likely N-dealkylation sites (tertiary alicyclic amines) is 1. The van der Waals surface area contributed by atoms with Crippen LogP contribution in [-0.4, -0.2) is 36.6 Å². The Bertz CT molecular complexity index is 233. The third-order valence-electron chi connectivity index (χ3n) is 4.84. The molecule has 0 bridgehead atoms. The molecular formula is C16H32N2. The van der Waals surface area contributed by atoms with Crippen molar-refractivity contribution < 1.29 is 0 Å². The molecule has 0 aromatic rings. The van der Waals surface area contributed by atoms with E-state index in [-0.39, 0.29) is 0 Å². The normalized spacial score (nSPS) is 28.3. The lowest BCUT2D eigenvalue weighted by atomic mass is 9.95. The molecule has 0 aromatic heterocycles. The highest BCUT2D eigenvalue weighted by Crippen LogP contribution is 2.36. The minimum absolute atomic E-state index is 0.719. The van der Waals surface area contributed by atoms with Gasteiger partial charge in [0.1, 0.15) is 0 Å². The molecule has 0 radical (unpaired) electrons. The maximum absolute atomic E-state index is 3.63. The van der Waals surface area contributed by atoms with E-state index < -0.39 is 0 Å². The average molecular weight is 252 g/mol. The summed E-state index contributed by atoms with van der Waals surface area (Å²) in [5.41, 5.74) is 0. The summed E-state index contributed by atoms with van der Waals surface area (Å²) in [4.78, 5) is 2.81. The van der Waals surface area contributed by atoms with Gasteiger partial charge in [-0.1, -0.05) is 26.7 Å². The molecule has 1 N–H and O–H groups in total. The van der Waals surface area contributed by atoms with Gasteiger partial charge in [-0.3, -0.25) is 4.90 Å². The van der Waals surface area contributed by atoms with Crippen molar-refractivity contribution in [3.8, 4) is 0 Å². The van der Waals surface area contributed by atoms with Crippen molar-refractivity contribution in [3.05, 3.63) is 0 Å². The largest absolute Gasteiger partial charge is 0.315 e. The second kappa shape index (κ2) is 6.91. The molecule has 2 heteroatoms. The molecule has 1 saturated carbocycles. The molecule has 1 heterocycles. The summed E-state index contributed by atoms with van der Waals surface area (Å²) in [6.07, 6.45) is 8.83. The van der Waals surface area contributed by atoms with Crippen LogP contribution in [0.2, 0.25) is 0 Å². The Morgan fingerprint density at radius 1 is 1.00 bits per heavy atom. The first-order valence-electron chi connectivity index (χ1n) is 8.15. The molecule has 2 fully saturated rings. The second-order valence-corrected chi connectivity index (χ2v) is 6.89. The fraction of sp³-hybridized carbons (Fsp3) is 1.00. The molecule has 106 valence electrons. The molecule has 2 rings (SSSR count). The van der Waals surface area contributed by atoms with E-state index >= 15 is 0 Å². The molecule has 1 aliphatic carbocycles. The van der Waals surface area contributed by atoms with Gasteiger partial charge >= 0.3 is 0 Å². The van der Waals surface area contributed by atoms with E-state index in [2.05, 4.69) is 31.0 Å². The minimum atomic E-state index is 0.719. The van der Waals surface area contributed by atoms with E-state index in [1.807, 2.05) is 0 Å². The standard InChI is InChI=1S/C16H32N2/c1-13(2)11-17-12-14(3)18-10-6-9-16(18)15-7-4-5-8-15/h13-17H,4-12H2,1-3H3. The summed E-state index contributed by atoms with van der Waals surface area (Å²) >= 11 is 0. The molecule has 1 saturated heterocycles. The molecule has 1 aliphatic heterocycles. The summed E-state index contributed by atoms with van der Waals surface area (Å²) in [6, 6.07) is 1.63. The quantitative estimate of drug-likeness (QED) is 0.780. The van der Waals surface area contributed by atoms with Crippen molar-refractivity contribution in [1.29, 1.82) is 0 Å². The lowest BCUT2D eigenvalue weighted by Crippen LogP contribution is -2.46. The summed E-state index contributed by atoms with van der Waals surface area (Å²) in [7, 11) is 0. The minimum Gasteiger partial charge on any atom is -0.315 e. The van der Waals surface area contributed by atoms with E-state index in [4.69, 9.17) is 0 Å². The number of nitrogens with zero attached hydrogens (tertiary/aromatic N) is 1. The highest BCUT2D eigenvalue weighted by Gasteiger charge is 2.35. The van der Waals surface area contributed by atoms with Crippen LogP contribution in [0.4, 0.5) is 0 Å². The molecule has 2 aliphatic rings. The van der Waals surface area contributed by atoms with Gasteiger partial charge in [0.15, 0.2) is 0 Å². The zero-order valence-electron chi connectivity index (χ0n) is 12.6. The van der Waals surface area contributed by atoms with Gasteiger partial charge in [0.2, 0.25) is 0 Å². The Labute approximate surface area is 114 Å². The molecule has 0 amide bonds. The van der Waals surface area contributed by atoms with E-state index in [1.54, 1.807) is 0 Å². The molecular weight excluding hydrogens is 220 g/mol. The molecule has 2 atom stereocenters. The lowest BCUT2D eigenvalue weighted by molar-refractivity contribution is 0.141. The van der Waals surface area contributed by atoms with Crippen molar-refractivity contribution in [3.63, 3.8) is 0 Å². The number of rotatable bonds is 6. The van der Waals surface area contributed by atoms with Crippen LogP contribution in [0.25, 0.3) is 0 Å². The fourth-order valence-corrected chi connectivity index (χ4v) is 3.91. The Morgan fingerprint density at radius 3 is 2.39 bits per heavy atom. The second-order valence-electron chi connectivity index (χ2n) is 6.89. The zero-order chi connectivity index (χ0) is 13.0. The van der Waals surface area contributed by atoms with Crippen molar-refractivity contribution in [2.75, 3.05) is 19.6 Å². The van der Waals surface area contributed by atoms with Gasteiger partial charge in [-0.15, -0.1) is 0 Å². The van der Waals surface area contributed by atoms with Gasteiger partial charge in [-0.25, -0.2) is 0 Å². The molecule has 2 nitrogen and oxygen atoms in total. The van der Waals surface area contributed by atoms with Crippen LogP contribution in [-0.2, 0) is 0 Å². The summed E-state index contributed by atoms with van der Waals surface area (Å²) in [5.74, 6) is 1.78. The van der Waals surface area contributed by atoms with Gasteiger partial charge in [0.05, 0.1) is 0 Å². The Hall–Kier alpha value is -0.0800. The van der Waals surface area contributed by atoms with Gasteiger partial charge in [-0.05, 0) is 57.5 Å². The number of hydrogen-bond donors (Lipinski definition) is 1. The van der Waals surface area contributed by atoms with Crippen molar-refractivity contribution in [2.45, 2.75) is 71.4 Å². The van der Waals surface area contributed by atoms with E-state index in [9.17, 15) is 0 Å². The van der Waals surface area contributed by atoms with Crippen LogP contribution in [0.3, 0.4) is 0 Å². The van der Waals surface area contributed by atoms with Gasteiger partial charge in [0.25, 0.3) is 0 Å². The first-order valence-corrected chi connectivity index (χ1v) is 8.15. The number of nitrogens with one attached hydrogen (secondary N) is 1. The van der Waals surface area contributed by atoms with Gasteiger partial charge < -0.3 is 5.32 Å². The van der Waals surface area contributed by atoms with Crippen LogP contribution in [0.5, 0.6) is 0 Å². The lowest BCUT2D eigenvalue weighted by Gasteiger charge is -2.34. The monoisotopic (exact) mass is 252 g/mol. The molecule has 0 aromatic carbocycles. The van der Waals surface area contributed by atoms with E-state index in [0.29, 0.717) is 0 Å². The van der Waals surface area contributed by atoms with Crippen LogP contribution in [0.1, 0.15) is 59.3 Å². The smallest absolute Gasteiger partial charge is 0.0195 e. The topological polar surface area (TPSA) is 15.3 Å². The van der Waals surface area contributed by atoms with Crippen molar-refractivity contribution >= 4 is 0 Å². The first-order chi connectivity index (χ1) is 8.68.